The van der Waals surface area contributed by atoms with E-state index in [0.29, 0.717) is 37.2 Å². The highest BCUT2D eigenvalue weighted by atomic mass is 16.5. The van der Waals surface area contributed by atoms with Crippen LogP contribution in [0.15, 0.2) is 11.1 Å². The van der Waals surface area contributed by atoms with Crippen LogP contribution in [0.4, 0.5) is 0 Å². The van der Waals surface area contributed by atoms with E-state index in [9.17, 15) is 9.59 Å². The molecule has 0 amide bonds. The van der Waals surface area contributed by atoms with Crippen LogP contribution in [0.3, 0.4) is 0 Å². The van der Waals surface area contributed by atoms with Gasteiger partial charge >= 0.3 is 11.9 Å². The number of hydrogen-bond acceptors (Lipinski definition) is 4. The summed E-state index contributed by atoms with van der Waals surface area (Å²) in [6, 6.07) is 0. The second-order valence-electron chi connectivity index (χ2n) is 4.92. The molecule has 21 heavy (non-hydrogen) atoms. The molecule has 0 aliphatic rings. The first kappa shape index (κ1) is 19.7. The maximum Gasteiger partial charge on any atom is 0.334 e. The van der Waals surface area contributed by atoms with E-state index in [2.05, 4.69) is 6.92 Å². The van der Waals surface area contributed by atoms with Crippen molar-refractivity contribution in [2.75, 3.05) is 13.2 Å². The number of hydrogen-bond donors (Lipinski definition) is 0. The minimum Gasteiger partial charge on any atom is -0.463 e. The standard InChI is InChI=1S/C17H30O4/c1-5-9-10-11-12-13-15(17(19)21-8-4)14(6-2)16(18)20-7-3/h5-13H2,1-4H3. The predicted octanol–water partition coefficient (Wildman–Crippen LogP) is 4.18. The van der Waals surface area contributed by atoms with Crippen LogP contribution >= 0.6 is 0 Å². The Bertz CT molecular complexity index is 345. The van der Waals surface area contributed by atoms with Gasteiger partial charge in [-0.1, -0.05) is 39.5 Å². The molecular weight excluding hydrogens is 268 g/mol. The Kier molecular flexibility index (Phi) is 11.6. The molecule has 0 saturated carbocycles. The largest absolute Gasteiger partial charge is 0.463 e. The van der Waals surface area contributed by atoms with Gasteiger partial charge in [-0.15, -0.1) is 0 Å². The molecule has 0 rings (SSSR count). The molecule has 0 fully saturated rings. The molecule has 0 aliphatic carbocycles. The molecule has 0 radical (unpaired) electrons. The summed E-state index contributed by atoms with van der Waals surface area (Å²) >= 11 is 0. The fourth-order valence-corrected chi connectivity index (χ4v) is 2.20. The molecule has 0 aromatic heterocycles. The van der Waals surface area contributed by atoms with E-state index in [1.165, 1.54) is 12.8 Å². The van der Waals surface area contributed by atoms with E-state index in [1.54, 1.807) is 13.8 Å². The van der Waals surface area contributed by atoms with Gasteiger partial charge in [0.05, 0.1) is 13.2 Å². The summed E-state index contributed by atoms with van der Waals surface area (Å²) < 4.78 is 10.1. The van der Waals surface area contributed by atoms with E-state index in [1.807, 2.05) is 6.92 Å². The van der Waals surface area contributed by atoms with Crippen molar-refractivity contribution >= 4 is 11.9 Å². The summed E-state index contributed by atoms with van der Waals surface area (Å²) in [4.78, 5) is 24.1. The van der Waals surface area contributed by atoms with Crippen molar-refractivity contribution in [2.45, 2.75) is 72.6 Å². The molecule has 0 aromatic rings. The van der Waals surface area contributed by atoms with E-state index in [0.717, 1.165) is 19.3 Å². The zero-order valence-corrected chi connectivity index (χ0v) is 14.0. The van der Waals surface area contributed by atoms with Gasteiger partial charge in [0.25, 0.3) is 0 Å². The van der Waals surface area contributed by atoms with Crippen LogP contribution in [0.25, 0.3) is 0 Å². The third kappa shape index (κ3) is 7.88. The molecular formula is C17H30O4. The molecule has 0 unspecified atom stereocenters. The Morgan fingerprint density at radius 1 is 0.714 bits per heavy atom. The van der Waals surface area contributed by atoms with Gasteiger partial charge in [-0.05, 0) is 33.1 Å². The van der Waals surface area contributed by atoms with Gasteiger partial charge in [0.2, 0.25) is 0 Å². The van der Waals surface area contributed by atoms with Gasteiger partial charge < -0.3 is 9.47 Å². The van der Waals surface area contributed by atoms with Crippen LogP contribution < -0.4 is 0 Å². The van der Waals surface area contributed by atoms with Crippen molar-refractivity contribution in [1.29, 1.82) is 0 Å². The van der Waals surface area contributed by atoms with Crippen LogP contribution in [0.1, 0.15) is 72.6 Å². The lowest BCUT2D eigenvalue weighted by Gasteiger charge is -2.12. The minimum absolute atomic E-state index is 0.314. The molecule has 0 spiro atoms. The SMILES string of the molecule is CCCCCCCC(C(=O)OCC)=C(CC)C(=O)OCC. The van der Waals surface area contributed by atoms with Crippen molar-refractivity contribution in [3.8, 4) is 0 Å². The smallest absolute Gasteiger partial charge is 0.334 e. The molecule has 0 aromatic carbocycles. The van der Waals surface area contributed by atoms with E-state index < -0.39 is 5.97 Å². The van der Waals surface area contributed by atoms with Crippen LogP contribution in [0, 0.1) is 0 Å². The molecule has 0 saturated heterocycles. The zero-order valence-electron chi connectivity index (χ0n) is 14.0. The average molecular weight is 298 g/mol. The second kappa shape index (κ2) is 12.4. The predicted molar refractivity (Wildman–Crippen MR) is 84.0 cm³/mol. The Morgan fingerprint density at radius 3 is 1.71 bits per heavy atom. The summed E-state index contributed by atoms with van der Waals surface area (Å²) in [6.07, 6.45) is 6.59. The number of esters is 2. The van der Waals surface area contributed by atoms with Crippen LogP contribution in [-0.4, -0.2) is 25.2 Å². The molecule has 0 atom stereocenters. The number of unbranched alkanes of at least 4 members (excludes halogenated alkanes) is 4. The van der Waals surface area contributed by atoms with Gasteiger partial charge in [0.15, 0.2) is 0 Å². The molecule has 0 bridgehead atoms. The highest BCUT2D eigenvalue weighted by Crippen LogP contribution is 2.20. The lowest BCUT2D eigenvalue weighted by atomic mass is 9.99. The maximum atomic E-state index is 12.1. The number of carbonyl (C=O) groups is 2. The highest BCUT2D eigenvalue weighted by molar-refractivity contribution is 6.00. The molecule has 0 aliphatic heterocycles. The van der Waals surface area contributed by atoms with Crippen molar-refractivity contribution in [3.05, 3.63) is 11.1 Å². The summed E-state index contributed by atoms with van der Waals surface area (Å²) in [5.41, 5.74) is 0.958. The first-order valence-electron chi connectivity index (χ1n) is 8.18. The van der Waals surface area contributed by atoms with E-state index in [4.69, 9.17) is 9.47 Å². The molecule has 0 N–H and O–H groups in total. The van der Waals surface area contributed by atoms with Crippen molar-refractivity contribution in [3.63, 3.8) is 0 Å². The lowest BCUT2D eigenvalue weighted by Crippen LogP contribution is -2.16. The monoisotopic (exact) mass is 298 g/mol. The fraction of sp³-hybridized carbons (Fsp3) is 0.765. The van der Waals surface area contributed by atoms with Crippen LogP contribution in [0.2, 0.25) is 0 Å². The van der Waals surface area contributed by atoms with Gasteiger partial charge in [0, 0.05) is 11.1 Å². The first-order chi connectivity index (χ1) is 10.1. The second-order valence-corrected chi connectivity index (χ2v) is 4.92. The van der Waals surface area contributed by atoms with Crippen molar-refractivity contribution in [2.24, 2.45) is 0 Å². The van der Waals surface area contributed by atoms with Crippen molar-refractivity contribution in [1.82, 2.24) is 0 Å². The summed E-state index contributed by atoms with van der Waals surface area (Å²) in [5, 5.41) is 0. The maximum absolute atomic E-state index is 12.1. The number of rotatable bonds is 11. The molecule has 122 valence electrons. The Morgan fingerprint density at radius 2 is 1.24 bits per heavy atom. The van der Waals surface area contributed by atoms with Crippen LogP contribution in [-0.2, 0) is 19.1 Å². The number of ether oxygens (including phenoxy) is 2. The average Bonchev–Trinajstić information content (AvgIpc) is 2.46. The van der Waals surface area contributed by atoms with Gasteiger partial charge in [-0.3, -0.25) is 0 Å². The number of carbonyl (C=O) groups excluding carboxylic acids is 2. The third-order valence-corrected chi connectivity index (χ3v) is 3.29. The Labute approximate surface area is 128 Å². The third-order valence-electron chi connectivity index (χ3n) is 3.29. The van der Waals surface area contributed by atoms with Gasteiger partial charge in [-0.2, -0.15) is 0 Å². The van der Waals surface area contributed by atoms with Crippen molar-refractivity contribution < 1.29 is 19.1 Å². The molecule has 0 heterocycles. The Hall–Kier alpha value is -1.32. The molecule has 4 heteroatoms. The lowest BCUT2D eigenvalue weighted by molar-refractivity contribution is -0.142. The normalized spacial score (nSPS) is 11.8. The quantitative estimate of drug-likeness (QED) is 0.326. The van der Waals surface area contributed by atoms with E-state index >= 15 is 0 Å². The van der Waals surface area contributed by atoms with E-state index in [-0.39, 0.29) is 5.97 Å². The zero-order chi connectivity index (χ0) is 16.1. The summed E-state index contributed by atoms with van der Waals surface area (Å²) in [7, 11) is 0. The topological polar surface area (TPSA) is 52.6 Å². The summed E-state index contributed by atoms with van der Waals surface area (Å²) in [6.45, 7) is 8.20. The Balaban J connectivity index is 4.90. The summed E-state index contributed by atoms with van der Waals surface area (Å²) in [5.74, 6) is -0.769. The first-order valence-corrected chi connectivity index (χ1v) is 8.18. The van der Waals surface area contributed by atoms with Crippen LogP contribution in [0.5, 0.6) is 0 Å². The van der Waals surface area contributed by atoms with Gasteiger partial charge in [-0.25, -0.2) is 9.59 Å². The minimum atomic E-state index is -0.392. The fourth-order valence-electron chi connectivity index (χ4n) is 2.20. The molecule has 4 nitrogen and oxygen atoms in total. The van der Waals surface area contributed by atoms with Gasteiger partial charge in [0.1, 0.15) is 0 Å². The highest BCUT2D eigenvalue weighted by Gasteiger charge is 2.21.